The second-order valence-electron chi connectivity index (χ2n) is 13.1. The minimum Gasteiger partial charge on any atom is -0.487 e. The van der Waals surface area contributed by atoms with Crippen molar-refractivity contribution >= 4 is 33.2 Å². The fraction of sp³-hybridized carbons (Fsp3) is 0.559. The van der Waals surface area contributed by atoms with Gasteiger partial charge in [-0.15, -0.1) is 0 Å². The zero-order valence-corrected chi connectivity index (χ0v) is 27.3. The van der Waals surface area contributed by atoms with Crippen molar-refractivity contribution < 1.29 is 23.1 Å². The van der Waals surface area contributed by atoms with Crippen LogP contribution in [-0.4, -0.2) is 43.4 Å². The van der Waals surface area contributed by atoms with Gasteiger partial charge < -0.3 is 14.7 Å². The molecule has 1 saturated carbocycles. The highest BCUT2D eigenvalue weighted by atomic mass is 35.5. The van der Waals surface area contributed by atoms with Gasteiger partial charge in [-0.25, -0.2) is 13.1 Å². The van der Waals surface area contributed by atoms with Crippen molar-refractivity contribution in [2.45, 2.75) is 83.7 Å². The molecule has 2 aromatic carbocycles. The van der Waals surface area contributed by atoms with E-state index in [1.807, 2.05) is 37.3 Å². The van der Waals surface area contributed by atoms with Crippen molar-refractivity contribution in [1.82, 2.24) is 4.72 Å². The van der Waals surface area contributed by atoms with Crippen LogP contribution in [-0.2, 0) is 23.1 Å². The molecule has 5 atom stereocenters. The third-order valence-corrected chi connectivity index (χ3v) is 12.2. The van der Waals surface area contributed by atoms with Crippen LogP contribution >= 0.6 is 11.6 Å². The maximum Gasteiger partial charge on any atom is 0.264 e. The van der Waals surface area contributed by atoms with Gasteiger partial charge in [0.05, 0.1) is 16.5 Å². The Labute approximate surface area is 261 Å². The summed E-state index contributed by atoms with van der Waals surface area (Å²) in [5, 5.41) is 11.9. The van der Waals surface area contributed by atoms with Crippen LogP contribution in [0.3, 0.4) is 0 Å². The molecule has 7 nitrogen and oxygen atoms in total. The number of aliphatic hydroxyl groups is 1. The molecule has 2 bridgehead atoms. The Morgan fingerprint density at radius 2 is 1.88 bits per heavy atom. The number of halogens is 1. The molecule has 234 valence electrons. The second kappa shape index (κ2) is 12.8. The number of amides is 1. The number of hydrogen-bond acceptors (Lipinski definition) is 6. The average molecular weight is 629 g/mol. The molecule has 0 radical (unpaired) electrons. The van der Waals surface area contributed by atoms with Crippen LogP contribution in [0.25, 0.3) is 0 Å². The largest absolute Gasteiger partial charge is 0.487 e. The first kappa shape index (κ1) is 31.9. The Balaban J connectivity index is 1.58. The number of carbonyl (C=O) groups excluding carboxylic acids is 1. The van der Waals surface area contributed by atoms with Crippen molar-refractivity contribution in [3.8, 4) is 5.75 Å². The third kappa shape index (κ3) is 6.76. The van der Waals surface area contributed by atoms with Gasteiger partial charge in [0.15, 0.2) is 0 Å². The van der Waals surface area contributed by atoms with Crippen molar-refractivity contribution in [3.63, 3.8) is 0 Å². The summed E-state index contributed by atoms with van der Waals surface area (Å²) in [4.78, 5) is 15.6. The maximum absolute atomic E-state index is 13.4. The molecule has 1 fully saturated rings. The van der Waals surface area contributed by atoms with Crippen LogP contribution in [0.15, 0.2) is 48.6 Å². The van der Waals surface area contributed by atoms with Crippen molar-refractivity contribution in [1.29, 1.82) is 0 Å². The molecule has 1 amide bonds. The molecule has 0 saturated heterocycles. The van der Waals surface area contributed by atoms with Gasteiger partial charge in [-0.1, -0.05) is 50.6 Å². The smallest absolute Gasteiger partial charge is 0.264 e. The molecule has 43 heavy (non-hydrogen) atoms. The summed E-state index contributed by atoms with van der Waals surface area (Å²) in [6.07, 6.45) is 9.03. The van der Waals surface area contributed by atoms with Crippen molar-refractivity contribution in [3.05, 3.63) is 70.3 Å². The number of hydrogen-bond donors (Lipinski definition) is 2. The highest BCUT2D eigenvalue weighted by molar-refractivity contribution is 7.90. The minimum absolute atomic E-state index is 0.00120. The van der Waals surface area contributed by atoms with Crippen molar-refractivity contribution in [2.24, 2.45) is 23.7 Å². The van der Waals surface area contributed by atoms with E-state index < -0.39 is 26.8 Å². The van der Waals surface area contributed by atoms with Crippen molar-refractivity contribution in [2.75, 3.05) is 18.0 Å². The van der Waals surface area contributed by atoms with E-state index >= 15 is 0 Å². The predicted molar refractivity (Wildman–Crippen MR) is 172 cm³/mol. The molecule has 0 spiro atoms. The molecule has 2 aliphatic heterocycles. The SMILES string of the molecule is CC(C)[C@@]1(O)/C=C/C[C@H](C)[C@@H](C)S(=O)(=O)NC(=O)c2ccc3c(c2)N(CCCCc2cc(Cl)ccc2CO3)C[C@@H]2CC[C@H]21. The lowest BCUT2D eigenvalue weighted by molar-refractivity contribution is -0.0756. The normalized spacial score (nSPS) is 30.5. The minimum atomic E-state index is -3.94. The summed E-state index contributed by atoms with van der Waals surface area (Å²) >= 11 is 6.32. The molecule has 5 rings (SSSR count). The first-order valence-electron chi connectivity index (χ1n) is 15.6. The Bertz CT molecular complexity index is 1480. The number of fused-ring (bicyclic) bond motifs is 3. The standard InChI is InChI=1S/C34H45ClN2O5S/c1-22(2)34(39)16-7-8-23(3)24(4)43(40,41)36-33(38)26-12-15-32-31(19-26)37(20-27-11-14-30(27)34)17-6-5-9-25-18-29(35)13-10-28(25)21-42-32/h7,10,12-13,15-16,18-19,22-24,27,30,39H,5-6,8-9,11,14,17,20-21H2,1-4H3,(H,36,38)/b16-7+/t23-,24+,27-,30+,34-/m0/s1. The summed E-state index contributed by atoms with van der Waals surface area (Å²) in [7, 11) is -3.94. The maximum atomic E-state index is 13.4. The Kier molecular flexibility index (Phi) is 9.50. The summed E-state index contributed by atoms with van der Waals surface area (Å²) in [6.45, 7) is 9.40. The zero-order chi connectivity index (χ0) is 30.9. The van der Waals surface area contributed by atoms with Crippen LogP contribution in [0, 0.1) is 23.7 Å². The average Bonchev–Trinajstić information content (AvgIpc) is 2.97. The van der Waals surface area contributed by atoms with E-state index in [4.69, 9.17) is 16.3 Å². The number of benzene rings is 2. The molecule has 0 aromatic heterocycles. The van der Waals surface area contributed by atoms with Crippen LogP contribution in [0.5, 0.6) is 5.75 Å². The quantitative estimate of drug-likeness (QED) is 0.349. The number of carbonyl (C=O) groups is 1. The molecule has 2 heterocycles. The van der Waals surface area contributed by atoms with E-state index in [1.54, 1.807) is 25.1 Å². The fourth-order valence-electron chi connectivity index (χ4n) is 6.75. The number of ether oxygens (including phenoxy) is 1. The highest BCUT2D eigenvalue weighted by Gasteiger charge is 2.47. The predicted octanol–water partition coefficient (Wildman–Crippen LogP) is 6.52. The van der Waals surface area contributed by atoms with Gasteiger partial charge in [-0.2, -0.15) is 0 Å². The van der Waals surface area contributed by atoms with E-state index in [0.29, 0.717) is 30.3 Å². The first-order chi connectivity index (χ1) is 20.4. The van der Waals surface area contributed by atoms with Crippen LogP contribution in [0.2, 0.25) is 5.02 Å². The lowest BCUT2D eigenvalue weighted by atomic mass is 9.61. The fourth-order valence-corrected chi connectivity index (χ4v) is 8.23. The van der Waals surface area contributed by atoms with E-state index in [1.165, 1.54) is 5.56 Å². The van der Waals surface area contributed by atoms with E-state index in [2.05, 4.69) is 23.5 Å². The lowest BCUT2D eigenvalue weighted by Gasteiger charge is -2.50. The summed E-state index contributed by atoms with van der Waals surface area (Å²) in [5.74, 6) is 0.0785. The number of rotatable bonds is 1. The second-order valence-corrected chi connectivity index (χ2v) is 15.5. The number of nitrogens with zero attached hydrogens (tertiary/aromatic N) is 1. The van der Waals surface area contributed by atoms with Crippen LogP contribution in [0.4, 0.5) is 5.69 Å². The number of anilines is 1. The van der Waals surface area contributed by atoms with Gasteiger partial charge in [0.25, 0.3) is 5.91 Å². The molecule has 2 aromatic rings. The Morgan fingerprint density at radius 3 is 2.60 bits per heavy atom. The third-order valence-electron chi connectivity index (χ3n) is 10.0. The number of allylic oxidation sites excluding steroid dienone is 1. The Morgan fingerprint density at radius 1 is 1.09 bits per heavy atom. The van der Waals surface area contributed by atoms with Gasteiger partial charge in [-0.3, -0.25) is 4.79 Å². The van der Waals surface area contributed by atoms with E-state index in [-0.39, 0.29) is 29.2 Å². The molecular formula is C34H45ClN2O5S. The summed E-state index contributed by atoms with van der Waals surface area (Å²) in [5.41, 5.74) is 2.29. The lowest BCUT2D eigenvalue weighted by Crippen LogP contribution is -2.52. The number of sulfonamides is 1. The van der Waals surface area contributed by atoms with Gasteiger partial charge in [0, 0.05) is 23.7 Å². The van der Waals surface area contributed by atoms with Gasteiger partial charge in [-0.05, 0) is 111 Å². The molecule has 1 aliphatic carbocycles. The number of nitrogens with one attached hydrogen (secondary N) is 1. The van der Waals surface area contributed by atoms with E-state index in [9.17, 15) is 18.3 Å². The first-order valence-corrected chi connectivity index (χ1v) is 17.6. The zero-order valence-electron chi connectivity index (χ0n) is 25.7. The van der Waals surface area contributed by atoms with Gasteiger partial charge in [0.1, 0.15) is 12.4 Å². The topological polar surface area (TPSA) is 95.9 Å². The molecule has 2 N–H and O–H groups in total. The molecule has 3 aliphatic rings. The Hall–Kier alpha value is -2.55. The molecule has 9 heteroatoms. The van der Waals surface area contributed by atoms with Crippen LogP contribution in [0.1, 0.15) is 81.3 Å². The van der Waals surface area contributed by atoms with E-state index in [0.717, 1.165) is 49.9 Å². The number of aryl methyl sites for hydroxylation is 1. The summed E-state index contributed by atoms with van der Waals surface area (Å²) in [6, 6.07) is 11.1. The summed E-state index contributed by atoms with van der Waals surface area (Å²) < 4.78 is 35.3. The monoisotopic (exact) mass is 628 g/mol. The molecule has 0 unspecified atom stereocenters. The highest BCUT2D eigenvalue weighted by Crippen LogP contribution is 2.47. The van der Waals surface area contributed by atoms with Crippen LogP contribution < -0.4 is 14.4 Å². The van der Waals surface area contributed by atoms with Gasteiger partial charge >= 0.3 is 0 Å². The van der Waals surface area contributed by atoms with Gasteiger partial charge in [0.2, 0.25) is 10.0 Å². The molecular weight excluding hydrogens is 584 g/mol.